The highest BCUT2D eigenvalue weighted by Gasteiger charge is 2.12. The molecular weight excluding hydrogens is 348 g/mol. The van der Waals surface area contributed by atoms with Crippen LogP contribution >= 0.6 is 11.3 Å². The highest BCUT2D eigenvalue weighted by Crippen LogP contribution is 2.21. The maximum atomic E-state index is 12.4. The van der Waals surface area contributed by atoms with Crippen LogP contribution in [0.1, 0.15) is 32.4 Å². The summed E-state index contributed by atoms with van der Waals surface area (Å²) in [4.78, 5) is 25.8. The van der Waals surface area contributed by atoms with E-state index in [9.17, 15) is 4.79 Å². The van der Waals surface area contributed by atoms with Gasteiger partial charge in [0.2, 0.25) is 0 Å². The number of hydrogen-bond acceptors (Lipinski definition) is 7. The van der Waals surface area contributed by atoms with Crippen LogP contribution in [0.5, 0.6) is 0 Å². The Labute approximate surface area is 155 Å². The molecule has 0 aliphatic heterocycles. The van der Waals surface area contributed by atoms with Gasteiger partial charge >= 0.3 is 0 Å². The van der Waals surface area contributed by atoms with Crippen molar-refractivity contribution in [2.24, 2.45) is 5.73 Å². The summed E-state index contributed by atoms with van der Waals surface area (Å²) >= 11 is 1.29. The van der Waals surface area contributed by atoms with Gasteiger partial charge in [0.05, 0.1) is 18.4 Å². The van der Waals surface area contributed by atoms with Crippen molar-refractivity contribution in [1.29, 1.82) is 0 Å². The lowest BCUT2D eigenvalue weighted by Crippen LogP contribution is -2.13. The number of nitrogens with one attached hydrogen (secondary N) is 2. The van der Waals surface area contributed by atoms with E-state index in [0.29, 0.717) is 23.1 Å². The number of carbonyl (C=O) groups is 1. The van der Waals surface area contributed by atoms with Gasteiger partial charge in [-0.1, -0.05) is 29.5 Å². The quantitative estimate of drug-likeness (QED) is 0.618. The molecule has 1 aromatic carbocycles. The third-order valence-corrected chi connectivity index (χ3v) is 4.61. The minimum absolute atomic E-state index is 0.204. The summed E-state index contributed by atoms with van der Waals surface area (Å²) in [5.41, 5.74) is 9.11. The highest BCUT2D eigenvalue weighted by atomic mass is 32.1. The minimum Gasteiger partial charge on any atom is -0.356 e. The van der Waals surface area contributed by atoms with Crippen molar-refractivity contribution in [2.45, 2.75) is 26.9 Å². The molecule has 26 heavy (non-hydrogen) atoms. The normalized spacial score (nSPS) is 10.6. The summed E-state index contributed by atoms with van der Waals surface area (Å²) in [6, 6.07) is 9.40. The van der Waals surface area contributed by atoms with Gasteiger partial charge in [0.25, 0.3) is 5.91 Å². The average Bonchev–Trinajstić information content (AvgIpc) is 3.09. The SMILES string of the molecule is Cc1cc(CNc2ncc(C(=O)Nc3ccccc3CN)s2)nc(C)n1. The fourth-order valence-electron chi connectivity index (χ4n) is 2.52. The van der Waals surface area contributed by atoms with E-state index in [1.807, 2.05) is 44.2 Å². The Bertz CT molecular complexity index is 903. The van der Waals surface area contributed by atoms with E-state index in [0.717, 1.165) is 28.5 Å². The van der Waals surface area contributed by atoms with Crippen LogP contribution in [-0.2, 0) is 13.1 Å². The molecule has 3 aromatic rings. The van der Waals surface area contributed by atoms with Gasteiger partial charge < -0.3 is 16.4 Å². The fraction of sp³-hybridized carbons (Fsp3) is 0.222. The van der Waals surface area contributed by atoms with Gasteiger partial charge in [0, 0.05) is 17.9 Å². The number of rotatable bonds is 6. The Morgan fingerprint density at radius 1 is 1.23 bits per heavy atom. The van der Waals surface area contributed by atoms with Gasteiger partial charge in [0.15, 0.2) is 5.13 Å². The van der Waals surface area contributed by atoms with Gasteiger partial charge in [-0.25, -0.2) is 15.0 Å². The largest absolute Gasteiger partial charge is 0.356 e. The molecule has 2 aromatic heterocycles. The number of nitrogens with zero attached hydrogens (tertiary/aromatic N) is 3. The number of aryl methyl sites for hydroxylation is 2. The molecule has 0 fully saturated rings. The number of anilines is 2. The molecule has 0 saturated heterocycles. The summed E-state index contributed by atoms with van der Waals surface area (Å²) in [5, 5.41) is 6.74. The maximum Gasteiger partial charge on any atom is 0.267 e. The molecule has 0 aliphatic carbocycles. The van der Waals surface area contributed by atoms with E-state index in [4.69, 9.17) is 5.73 Å². The summed E-state index contributed by atoms with van der Waals surface area (Å²) in [5.74, 6) is 0.532. The Hall–Kier alpha value is -2.84. The number of aromatic nitrogens is 3. The number of para-hydroxylation sites is 1. The van der Waals surface area contributed by atoms with Crippen molar-refractivity contribution in [1.82, 2.24) is 15.0 Å². The molecular formula is C18H20N6OS. The fourth-order valence-corrected chi connectivity index (χ4v) is 3.22. The van der Waals surface area contributed by atoms with E-state index in [1.54, 1.807) is 6.20 Å². The van der Waals surface area contributed by atoms with E-state index in [-0.39, 0.29) is 5.91 Å². The molecule has 1 amide bonds. The van der Waals surface area contributed by atoms with E-state index < -0.39 is 0 Å². The smallest absolute Gasteiger partial charge is 0.267 e. The molecule has 2 heterocycles. The molecule has 0 bridgehead atoms. The first-order chi connectivity index (χ1) is 12.5. The third-order valence-electron chi connectivity index (χ3n) is 3.65. The third kappa shape index (κ3) is 4.41. The van der Waals surface area contributed by atoms with Crippen LogP contribution in [0, 0.1) is 13.8 Å². The number of thiazole rings is 1. The zero-order valence-electron chi connectivity index (χ0n) is 14.6. The second kappa shape index (κ2) is 8.03. The van der Waals surface area contributed by atoms with Crippen molar-refractivity contribution in [3.8, 4) is 0 Å². The molecule has 0 saturated carbocycles. The lowest BCUT2D eigenvalue weighted by atomic mass is 10.2. The van der Waals surface area contributed by atoms with Crippen LogP contribution in [-0.4, -0.2) is 20.9 Å². The predicted molar refractivity (Wildman–Crippen MR) is 103 cm³/mol. The number of nitrogens with two attached hydrogens (primary N) is 1. The maximum absolute atomic E-state index is 12.4. The van der Waals surface area contributed by atoms with Crippen LogP contribution < -0.4 is 16.4 Å². The lowest BCUT2D eigenvalue weighted by Gasteiger charge is -2.08. The Morgan fingerprint density at radius 2 is 2.04 bits per heavy atom. The summed E-state index contributed by atoms with van der Waals surface area (Å²) in [6.45, 7) is 4.68. The summed E-state index contributed by atoms with van der Waals surface area (Å²) < 4.78 is 0. The first kappa shape index (κ1) is 18.0. The zero-order valence-corrected chi connectivity index (χ0v) is 15.4. The number of benzene rings is 1. The average molecular weight is 368 g/mol. The predicted octanol–water partition coefficient (Wildman–Crippen LogP) is 2.87. The standard InChI is InChI=1S/C18H20N6OS/c1-11-7-14(23-12(2)22-11)9-20-18-21-10-16(26-18)17(25)24-15-6-4-3-5-13(15)8-19/h3-7,10H,8-9,19H2,1-2H3,(H,20,21)(H,24,25). The molecule has 0 atom stereocenters. The van der Waals surface area contributed by atoms with Gasteiger partial charge in [-0.15, -0.1) is 0 Å². The molecule has 0 spiro atoms. The molecule has 3 rings (SSSR count). The lowest BCUT2D eigenvalue weighted by molar-refractivity contribution is 0.103. The van der Waals surface area contributed by atoms with Crippen molar-refractivity contribution in [3.63, 3.8) is 0 Å². The number of amides is 1. The zero-order chi connectivity index (χ0) is 18.5. The number of carbonyl (C=O) groups excluding carboxylic acids is 1. The van der Waals surface area contributed by atoms with E-state index in [2.05, 4.69) is 25.6 Å². The highest BCUT2D eigenvalue weighted by molar-refractivity contribution is 7.17. The van der Waals surface area contributed by atoms with Crippen LogP contribution in [0.25, 0.3) is 0 Å². The molecule has 7 nitrogen and oxygen atoms in total. The van der Waals surface area contributed by atoms with Crippen LogP contribution in [0.15, 0.2) is 36.5 Å². The Kier molecular flexibility index (Phi) is 5.55. The summed E-state index contributed by atoms with van der Waals surface area (Å²) in [7, 11) is 0. The van der Waals surface area contributed by atoms with Crippen LogP contribution in [0.2, 0.25) is 0 Å². The summed E-state index contributed by atoms with van der Waals surface area (Å²) in [6.07, 6.45) is 1.56. The van der Waals surface area contributed by atoms with Crippen LogP contribution in [0.3, 0.4) is 0 Å². The first-order valence-electron chi connectivity index (χ1n) is 8.15. The van der Waals surface area contributed by atoms with Gasteiger partial charge in [-0.05, 0) is 31.5 Å². The first-order valence-corrected chi connectivity index (χ1v) is 8.97. The molecule has 8 heteroatoms. The van der Waals surface area contributed by atoms with Crippen molar-refractivity contribution in [3.05, 3.63) is 64.2 Å². The van der Waals surface area contributed by atoms with Crippen LogP contribution in [0.4, 0.5) is 10.8 Å². The van der Waals surface area contributed by atoms with Crippen molar-refractivity contribution >= 4 is 28.1 Å². The monoisotopic (exact) mass is 368 g/mol. The van der Waals surface area contributed by atoms with Gasteiger partial charge in [-0.3, -0.25) is 4.79 Å². The Morgan fingerprint density at radius 3 is 2.81 bits per heavy atom. The molecule has 134 valence electrons. The number of hydrogen-bond donors (Lipinski definition) is 3. The second-order valence-electron chi connectivity index (χ2n) is 5.75. The van der Waals surface area contributed by atoms with Crippen molar-refractivity contribution in [2.75, 3.05) is 10.6 Å². The minimum atomic E-state index is -0.204. The van der Waals surface area contributed by atoms with E-state index >= 15 is 0 Å². The van der Waals surface area contributed by atoms with E-state index in [1.165, 1.54) is 11.3 Å². The molecule has 0 aliphatic rings. The van der Waals surface area contributed by atoms with Gasteiger partial charge in [0.1, 0.15) is 10.7 Å². The van der Waals surface area contributed by atoms with Gasteiger partial charge in [-0.2, -0.15) is 0 Å². The molecule has 4 N–H and O–H groups in total. The molecule has 0 unspecified atom stereocenters. The van der Waals surface area contributed by atoms with Crippen molar-refractivity contribution < 1.29 is 4.79 Å². The Balaban J connectivity index is 1.64. The topological polar surface area (TPSA) is 106 Å². The second-order valence-corrected chi connectivity index (χ2v) is 6.78. The molecule has 0 radical (unpaired) electrons.